The number of hydrogen-bond donors (Lipinski definition) is 2. The summed E-state index contributed by atoms with van der Waals surface area (Å²) in [4.78, 5) is 16.8. The smallest absolute Gasteiger partial charge is 0.270 e. The van der Waals surface area contributed by atoms with Crippen molar-refractivity contribution in [2.75, 3.05) is 6.54 Å². The molecule has 2 aliphatic carbocycles. The van der Waals surface area contributed by atoms with E-state index in [0.717, 1.165) is 25.8 Å². The van der Waals surface area contributed by atoms with Crippen molar-refractivity contribution in [2.24, 2.45) is 0 Å². The van der Waals surface area contributed by atoms with Crippen LogP contribution in [0.5, 0.6) is 0 Å². The molecule has 0 aliphatic heterocycles. The van der Waals surface area contributed by atoms with E-state index in [1.807, 2.05) is 12.1 Å². The average Bonchev–Trinajstić information content (AvgIpc) is 2.97. The van der Waals surface area contributed by atoms with Crippen LogP contribution in [0.4, 0.5) is 0 Å². The first kappa shape index (κ1) is 21.3. The lowest BCUT2D eigenvalue weighted by molar-refractivity contribution is 0.0864. The molecule has 0 radical (unpaired) electrons. The number of fused-ring (bicyclic) bond motifs is 2. The van der Waals surface area contributed by atoms with Gasteiger partial charge in [-0.15, -0.1) is 0 Å². The summed E-state index contributed by atoms with van der Waals surface area (Å²) < 4.78 is 0. The molecule has 3 rings (SSSR count). The van der Waals surface area contributed by atoms with Crippen LogP contribution in [0.3, 0.4) is 0 Å². The predicted molar refractivity (Wildman–Crippen MR) is 115 cm³/mol. The molecule has 2 aliphatic rings. The van der Waals surface area contributed by atoms with Crippen molar-refractivity contribution in [3.63, 3.8) is 0 Å². The molecule has 2 fully saturated rings. The monoisotopic (exact) mass is 385 g/mol. The van der Waals surface area contributed by atoms with Crippen molar-refractivity contribution < 1.29 is 4.79 Å². The second-order valence-electron chi connectivity index (χ2n) is 9.16. The molecule has 1 aromatic heterocycles. The number of hydrogen-bond acceptors (Lipinski definition) is 3. The number of carbonyl (C=O) groups is 1. The summed E-state index contributed by atoms with van der Waals surface area (Å²) in [5, 5.41) is 7.27. The van der Waals surface area contributed by atoms with Gasteiger partial charge in [-0.25, -0.2) is 0 Å². The Kier molecular flexibility index (Phi) is 7.90. The number of amides is 1. The lowest BCUT2D eigenvalue weighted by atomic mass is 9.78. The Balaban J connectivity index is 1.39. The van der Waals surface area contributed by atoms with Crippen LogP contribution in [0.15, 0.2) is 24.4 Å². The second kappa shape index (κ2) is 10.4. The topological polar surface area (TPSA) is 54.0 Å². The fourth-order valence-electron chi connectivity index (χ4n) is 5.32. The Bertz CT molecular complexity index is 605. The fourth-order valence-corrected chi connectivity index (χ4v) is 5.32. The van der Waals surface area contributed by atoms with E-state index in [-0.39, 0.29) is 17.0 Å². The van der Waals surface area contributed by atoms with Gasteiger partial charge in [0, 0.05) is 17.3 Å². The number of nitrogens with one attached hydrogen (secondary N) is 2. The Morgan fingerprint density at radius 3 is 2.43 bits per heavy atom. The molecule has 0 unspecified atom stereocenters. The van der Waals surface area contributed by atoms with Crippen LogP contribution >= 0.6 is 0 Å². The van der Waals surface area contributed by atoms with Crippen LogP contribution in [0.25, 0.3) is 0 Å². The molecule has 0 spiro atoms. The van der Waals surface area contributed by atoms with Gasteiger partial charge in [-0.05, 0) is 63.6 Å². The van der Waals surface area contributed by atoms with Gasteiger partial charge in [0.25, 0.3) is 5.91 Å². The van der Waals surface area contributed by atoms with Crippen LogP contribution < -0.4 is 10.6 Å². The summed E-state index contributed by atoms with van der Waals surface area (Å²) in [6.07, 6.45) is 19.5. The summed E-state index contributed by atoms with van der Waals surface area (Å²) in [7, 11) is 0. The number of pyridine rings is 1. The van der Waals surface area contributed by atoms with Gasteiger partial charge >= 0.3 is 0 Å². The minimum absolute atomic E-state index is 0.0126. The minimum Gasteiger partial charge on any atom is -0.345 e. The Labute approximate surface area is 171 Å². The number of aromatic nitrogens is 1. The normalized spacial score (nSPS) is 26.3. The highest BCUT2D eigenvalue weighted by Crippen LogP contribution is 2.48. The van der Waals surface area contributed by atoms with E-state index in [9.17, 15) is 4.79 Å². The maximum atomic E-state index is 12.6. The zero-order chi connectivity index (χ0) is 19.7. The van der Waals surface area contributed by atoms with Gasteiger partial charge in [-0.2, -0.15) is 0 Å². The van der Waals surface area contributed by atoms with Gasteiger partial charge < -0.3 is 10.6 Å². The van der Waals surface area contributed by atoms with Crippen LogP contribution in [-0.2, 0) is 0 Å². The first-order chi connectivity index (χ1) is 13.7. The van der Waals surface area contributed by atoms with Gasteiger partial charge in [0.15, 0.2) is 0 Å². The quantitative estimate of drug-likeness (QED) is 0.475. The standard InChI is InChI=1S/C24H39N3O/c1-2-3-4-5-6-7-8-10-19-26-23-14-12-15-24(20-23,17-16-23)27-22(28)21-13-9-11-18-25-21/h9,11,13,18,26H,2-8,10,12,14-17,19-20H2,1H3,(H,27,28)/t23-,24+/m0/s1. The summed E-state index contributed by atoms with van der Waals surface area (Å²) in [6.45, 7) is 3.40. The lowest BCUT2D eigenvalue weighted by Gasteiger charge is -2.40. The van der Waals surface area contributed by atoms with Crippen molar-refractivity contribution in [1.29, 1.82) is 0 Å². The molecular formula is C24H39N3O. The molecule has 2 saturated carbocycles. The van der Waals surface area contributed by atoms with E-state index in [4.69, 9.17) is 0 Å². The number of nitrogens with zero attached hydrogens (tertiary/aromatic N) is 1. The van der Waals surface area contributed by atoms with Crippen molar-refractivity contribution in [3.8, 4) is 0 Å². The molecule has 0 saturated heterocycles. The molecule has 2 N–H and O–H groups in total. The highest BCUT2D eigenvalue weighted by atomic mass is 16.2. The van der Waals surface area contributed by atoms with E-state index in [0.29, 0.717) is 5.69 Å². The minimum atomic E-state index is -0.0286. The molecule has 156 valence electrons. The van der Waals surface area contributed by atoms with Crippen molar-refractivity contribution in [3.05, 3.63) is 30.1 Å². The summed E-state index contributed by atoms with van der Waals surface area (Å²) in [6, 6.07) is 5.54. The van der Waals surface area contributed by atoms with Crippen LogP contribution in [0.2, 0.25) is 0 Å². The highest BCUT2D eigenvalue weighted by molar-refractivity contribution is 5.92. The van der Waals surface area contributed by atoms with Gasteiger partial charge in [-0.3, -0.25) is 9.78 Å². The van der Waals surface area contributed by atoms with Gasteiger partial charge in [-0.1, -0.05) is 57.9 Å². The molecule has 2 atom stereocenters. The zero-order valence-electron chi connectivity index (χ0n) is 17.8. The van der Waals surface area contributed by atoms with Crippen molar-refractivity contribution >= 4 is 5.91 Å². The van der Waals surface area contributed by atoms with Crippen LogP contribution in [0, 0.1) is 0 Å². The molecule has 4 nitrogen and oxygen atoms in total. The predicted octanol–water partition coefficient (Wildman–Crippen LogP) is 5.39. The van der Waals surface area contributed by atoms with Gasteiger partial charge in [0.1, 0.15) is 5.69 Å². The Hall–Kier alpha value is -1.42. The third-order valence-electron chi connectivity index (χ3n) is 6.88. The Morgan fingerprint density at radius 1 is 0.964 bits per heavy atom. The summed E-state index contributed by atoms with van der Waals surface area (Å²) >= 11 is 0. The first-order valence-electron chi connectivity index (χ1n) is 11.7. The third-order valence-corrected chi connectivity index (χ3v) is 6.88. The number of carbonyl (C=O) groups excluding carboxylic acids is 1. The van der Waals surface area contributed by atoms with Gasteiger partial charge in [0.2, 0.25) is 0 Å². The first-order valence-corrected chi connectivity index (χ1v) is 11.7. The molecule has 2 bridgehead atoms. The molecule has 1 heterocycles. The molecule has 28 heavy (non-hydrogen) atoms. The highest BCUT2D eigenvalue weighted by Gasteiger charge is 2.51. The second-order valence-corrected chi connectivity index (χ2v) is 9.16. The molecule has 4 heteroatoms. The number of rotatable bonds is 12. The van der Waals surface area contributed by atoms with E-state index < -0.39 is 0 Å². The third kappa shape index (κ3) is 5.79. The largest absolute Gasteiger partial charge is 0.345 e. The SMILES string of the molecule is CCCCCCCCCCN[C@@]12CCC[C@@](NC(=O)c3ccccn3)(CC1)C2. The van der Waals surface area contributed by atoms with Crippen molar-refractivity contribution in [2.45, 2.75) is 108 Å². The van der Waals surface area contributed by atoms with E-state index in [1.54, 1.807) is 12.3 Å². The molecule has 1 amide bonds. The van der Waals surface area contributed by atoms with E-state index in [1.165, 1.54) is 70.6 Å². The fraction of sp³-hybridized carbons (Fsp3) is 0.750. The average molecular weight is 386 g/mol. The maximum Gasteiger partial charge on any atom is 0.270 e. The molecule has 1 aromatic rings. The van der Waals surface area contributed by atoms with E-state index >= 15 is 0 Å². The molecule has 0 aromatic carbocycles. The molecular weight excluding hydrogens is 346 g/mol. The number of unbranched alkanes of at least 4 members (excludes halogenated alkanes) is 7. The Morgan fingerprint density at radius 2 is 1.68 bits per heavy atom. The maximum absolute atomic E-state index is 12.6. The zero-order valence-corrected chi connectivity index (χ0v) is 17.8. The van der Waals surface area contributed by atoms with Crippen LogP contribution in [-0.4, -0.2) is 28.5 Å². The van der Waals surface area contributed by atoms with E-state index in [2.05, 4.69) is 22.5 Å². The summed E-state index contributed by atoms with van der Waals surface area (Å²) in [5.41, 5.74) is 0.752. The lowest BCUT2D eigenvalue weighted by Crippen LogP contribution is -2.54. The summed E-state index contributed by atoms with van der Waals surface area (Å²) in [5.74, 6) is -0.0126. The van der Waals surface area contributed by atoms with Gasteiger partial charge in [0.05, 0.1) is 0 Å². The van der Waals surface area contributed by atoms with Crippen molar-refractivity contribution in [1.82, 2.24) is 15.6 Å². The van der Waals surface area contributed by atoms with Crippen LogP contribution in [0.1, 0.15) is 107 Å².